The molecule has 0 saturated carbocycles. The molecule has 2 unspecified atom stereocenters. The third-order valence-corrected chi connectivity index (χ3v) is 8.09. The van der Waals surface area contributed by atoms with Crippen molar-refractivity contribution in [3.8, 4) is 6.07 Å². The highest BCUT2D eigenvalue weighted by molar-refractivity contribution is 6.03. The zero-order chi connectivity index (χ0) is 30.5. The Labute approximate surface area is 250 Å². The molecule has 4 N–H and O–H groups in total. The molecule has 2 aliphatic heterocycles. The van der Waals surface area contributed by atoms with E-state index in [1.165, 1.54) is 24.3 Å². The number of likely N-dealkylation sites (tertiary alicyclic amines) is 2. The van der Waals surface area contributed by atoms with Crippen molar-refractivity contribution in [2.45, 2.75) is 51.2 Å². The van der Waals surface area contributed by atoms with Gasteiger partial charge < -0.3 is 25.3 Å². The van der Waals surface area contributed by atoms with E-state index in [1.54, 1.807) is 21.9 Å². The number of furan rings is 1. The minimum Gasteiger partial charge on any atom is -0.461 e. The van der Waals surface area contributed by atoms with Gasteiger partial charge in [-0.2, -0.15) is 5.26 Å². The van der Waals surface area contributed by atoms with Crippen LogP contribution in [0.25, 0.3) is 11.0 Å². The molecule has 0 radical (unpaired) electrons. The fourth-order valence-corrected chi connectivity index (χ4v) is 5.82. The number of amides is 3. The number of hydrogen-bond donors (Lipinski definition) is 3. The number of anilines is 1. The molecule has 3 atom stereocenters. The first kappa shape index (κ1) is 29.8. The molecule has 2 saturated heterocycles. The molecule has 43 heavy (non-hydrogen) atoms. The minimum atomic E-state index is -1.28. The van der Waals surface area contributed by atoms with Gasteiger partial charge in [0.2, 0.25) is 17.7 Å². The van der Waals surface area contributed by atoms with Crippen LogP contribution in [-0.2, 0) is 9.59 Å². The van der Waals surface area contributed by atoms with Gasteiger partial charge in [-0.25, -0.2) is 0 Å². The number of nitrogens with two attached hydrogens (primary N) is 1. The molecule has 0 spiro atoms. The lowest BCUT2D eigenvalue weighted by molar-refractivity contribution is -0.140. The van der Waals surface area contributed by atoms with Crippen LogP contribution < -0.4 is 16.4 Å². The average Bonchev–Trinajstić information content (AvgIpc) is 3.63. The largest absolute Gasteiger partial charge is 0.461 e. The monoisotopic (exact) mass is 584 g/mol. The number of nitrogens with zero attached hydrogens (tertiary/aromatic N) is 3. The van der Waals surface area contributed by atoms with Gasteiger partial charge in [-0.1, -0.05) is 12.1 Å². The molecule has 11 nitrogen and oxygen atoms in total. The summed E-state index contributed by atoms with van der Waals surface area (Å²) in [5.74, 6) is -2.05. The third-order valence-electron chi connectivity index (χ3n) is 8.09. The molecule has 2 aromatic carbocycles. The van der Waals surface area contributed by atoms with Crippen LogP contribution in [0.2, 0.25) is 0 Å². The summed E-state index contributed by atoms with van der Waals surface area (Å²) in [4.78, 5) is 55.5. The summed E-state index contributed by atoms with van der Waals surface area (Å²) < 4.78 is 5.68. The van der Waals surface area contributed by atoms with Gasteiger partial charge in [0, 0.05) is 41.8 Å². The van der Waals surface area contributed by atoms with Crippen LogP contribution in [0.3, 0.4) is 0 Å². The normalized spacial score (nSPS) is 18.6. The predicted octanol–water partition coefficient (Wildman–Crippen LogP) is 3.19. The lowest BCUT2D eigenvalue weighted by Crippen LogP contribution is -2.55. The molecule has 3 aromatic rings. The minimum absolute atomic E-state index is 0.00609. The maximum absolute atomic E-state index is 13.8. The van der Waals surface area contributed by atoms with Gasteiger partial charge in [-0.3, -0.25) is 24.5 Å². The number of ketones is 1. The van der Waals surface area contributed by atoms with Crippen LogP contribution in [0.5, 0.6) is 0 Å². The summed E-state index contributed by atoms with van der Waals surface area (Å²) >= 11 is 0. The first-order valence-electron chi connectivity index (χ1n) is 14.7. The zero-order valence-corrected chi connectivity index (χ0v) is 24.2. The summed E-state index contributed by atoms with van der Waals surface area (Å²) in [6, 6.07) is 14.6. The highest BCUT2D eigenvalue weighted by Crippen LogP contribution is 2.25. The molecule has 3 amide bonds. The summed E-state index contributed by atoms with van der Waals surface area (Å²) in [6.45, 7) is 3.73. The first-order chi connectivity index (χ1) is 20.7. The Balaban J connectivity index is 1.43. The van der Waals surface area contributed by atoms with Gasteiger partial charge in [0.25, 0.3) is 0 Å². The SMILES string of the molecule is Cc1cc2cc(NC(N[C@H]3CCCCN(CC(=O)N4CCCC4)C3=O)C(C#N)C(=O)c3cccc(C(N)=O)c3)ccc2o1. The first-order valence-corrected chi connectivity index (χ1v) is 14.7. The van der Waals surface area contributed by atoms with E-state index in [1.807, 2.05) is 19.1 Å². The fourth-order valence-electron chi connectivity index (χ4n) is 5.82. The van der Waals surface area contributed by atoms with Gasteiger partial charge in [0.1, 0.15) is 23.4 Å². The van der Waals surface area contributed by atoms with Crippen molar-refractivity contribution in [2.24, 2.45) is 11.7 Å². The number of rotatable bonds is 10. The molecule has 1 aromatic heterocycles. The van der Waals surface area contributed by atoms with Gasteiger partial charge in [0.15, 0.2) is 5.78 Å². The van der Waals surface area contributed by atoms with E-state index in [0.717, 1.165) is 36.8 Å². The third kappa shape index (κ3) is 6.87. The number of aryl methyl sites for hydroxylation is 1. The number of primary amides is 1. The van der Waals surface area contributed by atoms with Crippen molar-refractivity contribution in [2.75, 3.05) is 31.5 Å². The number of hydrogen-bond acceptors (Lipinski definition) is 8. The summed E-state index contributed by atoms with van der Waals surface area (Å²) in [5.41, 5.74) is 7.04. The van der Waals surface area contributed by atoms with Gasteiger partial charge in [0.05, 0.1) is 18.7 Å². The van der Waals surface area contributed by atoms with Crippen LogP contribution in [-0.4, -0.2) is 71.7 Å². The standard InChI is InChI=1S/C32H36N6O5/c1-20-15-23-17-24(10-11-27(23)43-20)35-31(25(18-33)29(40)21-7-6-8-22(16-21)30(34)41)36-26-9-2-3-14-38(32(26)42)19-28(39)37-12-4-5-13-37/h6-8,10-11,15-17,25-26,31,35-36H,2-5,9,12-14,19H2,1H3,(H2,34,41)/t25?,26-,31?/m0/s1. The number of Topliss-reactive ketones (excluding diaryl/α,β-unsaturated/α-hetero) is 1. The van der Waals surface area contributed by atoms with Crippen LogP contribution in [0, 0.1) is 24.2 Å². The van der Waals surface area contributed by atoms with Gasteiger partial charge in [-0.15, -0.1) is 0 Å². The molecular weight excluding hydrogens is 548 g/mol. The van der Waals surface area contributed by atoms with E-state index in [4.69, 9.17) is 10.2 Å². The molecule has 0 aliphatic carbocycles. The van der Waals surface area contributed by atoms with Crippen LogP contribution >= 0.6 is 0 Å². The molecule has 5 rings (SSSR count). The molecule has 2 aliphatic rings. The van der Waals surface area contributed by atoms with Crippen molar-refractivity contribution in [3.63, 3.8) is 0 Å². The topological polar surface area (TPSA) is 162 Å². The molecule has 2 fully saturated rings. The molecule has 3 heterocycles. The summed E-state index contributed by atoms with van der Waals surface area (Å²) in [6.07, 6.45) is 2.90. The number of nitrogens with one attached hydrogen (secondary N) is 2. The van der Waals surface area contributed by atoms with Crippen molar-refractivity contribution >= 4 is 40.2 Å². The van der Waals surface area contributed by atoms with E-state index in [0.29, 0.717) is 37.3 Å². The fraction of sp³-hybridized carbons (Fsp3) is 0.406. The number of nitriles is 1. The summed E-state index contributed by atoms with van der Waals surface area (Å²) in [7, 11) is 0. The molecule has 0 bridgehead atoms. The van der Waals surface area contributed by atoms with Gasteiger partial charge >= 0.3 is 0 Å². The lowest BCUT2D eigenvalue weighted by atomic mass is 9.93. The Morgan fingerprint density at radius 1 is 1.05 bits per heavy atom. The summed E-state index contributed by atoms with van der Waals surface area (Å²) in [5, 5.41) is 17.7. The second-order valence-corrected chi connectivity index (χ2v) is 11.2. The number of fused-ring (bicyclic) bond motifs is 1. The number of carbonyl (C=O) groups excluding carboxylic acids is 4. The van der Waals surface area contributed by atoms with Crippen molar-refractivity contribution in [3.05, 3.63) is 65.4 Å². The van der Waals surface area contributed by atoms with E-state index < -0.39 is 29.8 Å². The maximum atomic E-state index is 13.8. The van der Waals surface area contributed by atoms with E-state index >= 15 is 0 Å². The average molecular weight is 585 g/mol. The van der Waals surface area contributed by atoms with E-state index in [2.05, 4.69) is 16.7 Å². The Kier molecular flexibility index (Phi) is 9.07. The maximum Gasteiger partial charge on any atom is 0.248 e. The van der Waals surface area contributed by atoms with Crippen LogP contribution in [0.15, 0.2) is 52.9 Å². The molecular formula is C32H36N6O5. The quantitative estimate of drug-likeness (QED) is 0.242. The van der Waals surface area contributed by atoms with Crippen molar-refractivity contribution in [1.29, 1.82) is 5.26 Å². The van der Waals surface area contributed by atoms with Crippen LogP contribution in [0.4, 0.5) is 5.69 Å². The van der Waals surface area contributed by atoms with E-state index in [-0.39, 0.29) is 29.5 Å². The Bertz CT molecular complexity index is 1570. The lowest BCUT2D eigenvalue weighted by Gasteiger charge is -2.31. The van der Waals surface area contributed by atoms with Gasteiger partial charge in [-0.05, 0) is 75.4 Å². The van der Waals surface area contributed by atoms with Crippen LogP contribution in [0.1, 0.15) is 58.6 Å². The highest BCUT2D eigenvalue weighted by Gasteiger charge is 2.36. The van der Waals surface area contributed by atoms with E-state index in [9.17, 15) is 24.4 Å². The van der Waals surface area contributed by atoms with Crippen molar-refractivity contribution in [1.82, 2.24) is 15.1 Å². The molecule has 224 valence electrons. The zero-order valence-electron chi connectivity index (χ0n) is 24.2. The second-order valence-electron chi connectivity index (χ2n) is 11.2. The number of carbonyl (C=O) groups is 4. The Morgan fingerprint density at radius 3 is 2.53 bits per heavy atom. The smallest absolute Gasteiger partial charge is 0.248 e. The Morgan fingerprint density at radius 2 is 1.79 bits per heavy atom. The second kappa shape index (κ2) is 13.1. The molecule has 11 heteroatoms. The highest BCUT2D eigenvalue weighted by atomic mass is 16.3. The van der Waals surface area contributed by atoms with Crippen molar-refractivity contribution < 1.29 is 23.6 Å². The predicted molar refractivity (Wildman–Crippen MR) is 160 cm³/mol. The number of benzene rings is 2. The Hall–Kier alpha value is -4.69.